The average Bonchev–Trinajstić information content (AvgIpc) is 2.61. The first-order valence-corrected chi connectivity index (χ1v) is 7.91. The molecule has 0 fully saturated rings. The van der Waals surface area contributed by atoms with Gasteiger partial charge in [0.15, 0.2) is 5.78 Å². The number of rotatable bonds is 8. The third kappa shape index (κ3) is 5.27. The second-order valence-corrected chi connectivity index (χ2v) is 5.38. The van der Waals surface area contributed by atoms with Crippen LogP contribution in [0.2, 0.25) is 0 Å². The molecule has 0 spiro atoms. The number of hydrogen-bond acceptors (Lipinski definition) is 7. The predicted molar refractivity (Wildman–Crippen MR) is 92.7 cm³/mol. The summed E-state index contributed by atoms with van der Waals surface area (Å²) < 4.78 is 10.8. The van der Waals surface area contributed by atoms with E-state index in [2.05, 4.69) is 9.97 Å². The molecule has 2 aromatic rings. The summed E-state index contributed by atoms with van der Waals surface area (Å²) in [6.45, 7) is 3.87. The standard InChI is InChI=1S/C18H21N3O4/c1-4-24-16-7-6-14(13(2)22)10-15(16)12-25-17(23)11-21(3)18-19-8-5-9-20-18/h5-10H,4,11-12H2,1-3H3. The molecule has 25 heavy (non-hydrogen) atoms. The van der Waals surface area contributed by atoms with E-state index in [1.165, 1.54) is 6.92 Å². The molecule has 0 saturated heterocycles. The van der Waals surface area contributed by atoms with Crippen molar-refractivity contribution in [2.24, 2.45) is 0 Å². The van der Waals surface area contributed by atoms with Crippen LogP contribution in [0.5, 0.6) is 5.75 Å². The number of esters is 1. The minimum atomic E-state index is -0.425. The molecule has 132 valence electrons. The van der Waals surface area contributed by atoms with Crippen LogP contribution in [0.15, 0.2) is 36.7 Å². The van der Waals surface area contributed by atoms with Gasteiger partial charge in [0.2, 0.25) is 5.95 Å². The van der Waals surface area contributed by atoms with Crippen LogP contribution in [-0.4, -0.2) is 41.9 Å². The molecule has 0 aliphatic heterocycles. The van der Waals surface area contributed by atoms with Crippen molar-refractivity contribution >= 4 is 17.7 Å². The highest BCUT2D eigenvalue weighted by atomic mass is 16.5. The number of likely N-dealkylation sites (N-methyl/N-ethyl adjacent to an activating group) is 1. The monoisotopic (exact) mass is 343 g/mol. The average molecular weight is 343 g/mol. The summed E-state index contributed by atoms with van der Waals surface area (Å²) in [4.78, 5) is 33.3. The van der Waals surface area contributed by atoms with E-state index < -0.39 is 5.97 Å². The molecule has 0 radical (unpaired) electrons. The number of nitrogens with zero attached hydrogens (tertiary/aromatic N) is 3. The molecule has 0 N–H and O–H groups in total. The summed E-state index contributed by atoms with van der Waals surface area (Å²) in [5, 5.41) is 0. The van der Waals surface area contributed by atoms with Gasteiger partial charge in [-0.2, -0.15) is 0 Å². The summed E-state index contributed by atoms with van der Waals surface area (Å²) >= 11 is 0. The second-order valence-electron chi connectivity index (χ2n) is 5.38. The number of aromatic nitrogens is 2. The predicted octanol–water partition coefficient (Wildman–Crippen LogP) is 2.26. The van der Waals surface area contributed by atoms with Gasteiger partial charge in [-0.25, -0.2) is 9.97 Å². The molecule has 2 rings (SSSR count). The zero-order valence-electron chi connectivity index (χ0n) is 14.6. The number of benzene rings is 1. The van der Waals surface area contributed by atoms with Gasteiger partial charge in [0.25, 0.3) is 0 Å². The van der Waals surface area contributed by atoms with Crippen molar-refractivity contribution in [1.29, 1.82) is 0 Å². The Morgan fingerprint density at radius 1 is 1.20 bits per heavy atom. The lowest BCUT2D eigenvalue weighted by Gasteiger charge is -2.16. The summed E-state index contributed by atoms with van der Waals surface area (Å²) in [5.74, 6) is 0.551. The molecule has 7 nitrogen and oxygen atoms in total. The van der Waals surface area contributed by atoms with Crippen LogP contribution < -0.4 is 9.64 Å². The lowest BCUT2D eigenvalue weighted by molar-refractivity contribution is -0.143. The first-order valence-electron chi connectivity index (χ1n) is 7.91. The van der Waals surface area contributed by atoms with Crippen molar-refractivity contribution in [2.45, 2.75) is 20.5 Å². The van der Waals surface area contributed by atoms with Gasteiger partial charge in [0.1, 0.15) is 18.9 Å². The van der Waals surface area contributed by atoms with Gasteiger partial charge < -0.3 is 14.4 Å². The highest BCUT2D eigenvalue weighted by molar-refractivity contribution is 5.94. The Morgan fingerprint density at radius 2 is 1.92 bits per heavy atom. The van der Waals surface area contributed by atoms with Crippen molar-refractivity contribution < 1.29 is 19.1 Å². The Bertz CT molecular complexity index is 734. The summed E-state index contributed by atoms with van der Waals surface area (Å²) in [7, 11) is 1.71. The molecule has 0 bridgehead atoms. The van der Waals surface area contributed by atoms with Crippen molar-refractivity contribution in [3.05, 3.63) is 47.8 Å². The van der Waals surface area contributed by atoms with Gasteiger partial charge in [-0.05, 0) is 38.1 Å². The number of hydrogen-bond donors (Lipinski definition) is 0. The number of carbonyl (C=O) groups is 2. The zero-order chi connectivity index (χ0) is 18.2. The molecule has 0 aliphatic carbocycles. The van der Waals surface area contributed by atoms with E-state index in [0.29, 0.717) is 29.4 Å². The van der Waals surface area contributed by atoms with Crippen molar-refractivity contribution in [3.63, 3.8) is 0 Å². The fourth-order valence-corrected chi connectivity index (χ4v) is 2.16. The molecule has 1 aromatic carbocycles. The second kappa shape index (κ2) is 8.77. The Kier molecular flexibility index (Phi) is 6.45. The van der Waals surface area contributed by atoms with Crippen LogP contribution in [0, 0.1) is 0 Å². The smallest absolute Gasteiger partial charge is 0.325 e. The largest absolute Gasteiger partial charge is 0.493 e. The van der Waals surface area contributed by atoms with E-state index >= 15 is 0 Å². The summed E-state index contributed by atoms with van der Waals surface area (Å²) in [6.07, 6.45) is 3.21. The number of Topliss-reactive ketones (excluding diaryl/α,β-unsaturated/α-hetero) is 1. The SMILES string of the molecule is CCOc1ccc(C(C)=O)cc1COC(=O)CN(C)c1ncccn1. The number of carbonyl (C=O) groups excluding carboxylic acids is 2. The highest BCUT2D eigenvalue weighted by Gasteiger charge is 2.13. The molecule has 0 saturated carbocycles. The molecule has 0 amide bonds. The fraction of sp³-hybridized carbons (Fsp3) is 0.333. The Balaban J connectivity index is 2.00. The summed E-state index contributed by atoms with van der Waals surface area (Å²) in [5.41, 5.74) is 1.20. The lowest BCUT2D eigenvalue weighted by atomic mass is 10.1. The van der Waals surface area contributed by atoms with Gasteiger partial charge >= 0.3 is 5.97 Å². The highest BCUT2D eigenvalue weighted by Crippen LogP contribution is 2.22. The molecule has 0 atom stereocenters. The van der Waals surface area contributed by atoms with Crippen LogP contribution in [0.1, 0.15) is 29.8 Å². The molecule has 7 heteroatoms. The minimum absolute atomic E-state index is 0.0143. The number of ether oxygens (including phenoxy) is 2. The van der Waals surface area contributed by atoms with E-state index in [0.717, 1.165) is 0 Å². The van der Waals surface area contributed by atoms with Crippen molar-refractivity contribution in [3.8, 4) is 5.75 Å². The minimum Gasteiger partial charge on any atom is -0.493 e. The van der Waals surface area contributed by atoms with Gasteiger partial charge in [0.05, 0.1) is 6.61 Å². The maximum absolute atomic E-state index is 12.1. The van der Waals surface area contributed by atoms with Crippen molar-refractivity contribution in [2.75, 3.05) is 25.1 Å². The van der Waals surface area contributed by atoms with Crippen LogP contribution >= 0.6 is 0 Å². The third-order valence-corrected chi connectivity index (χ3v) is 3.42. The van der Waals surface area contributed by atoms with Crippen molar-refractivity contribution in [1.82, 2.24) is 9.97 Å². The lowest BCUT2D eigenvalue weighted by Crippen LogP contribution is -2.28. The van der Waals surface area contributed by atoms with Crippen LogP contribution in [0.4, 0.5) is 5.95 Å². The van der Waals surface area contributed by atoms with E-state index in [1.807, 2.05) is 6.92 Å². The number of ketones is 1. The first kappa shape index (κ1) is 18.4. The maximum atomic E-state index is 12.1. The van der Waals surface area contributed by atoms with E-state index in [9.17, 15) is 9.59 Å². The Labute approximate surface area is 146 Å². The molecule has 0 unspecified atom stereocenters. The quantitative estimate of drug-likeness (QED) is 0.537. The molecule has 0 aliphatic rings. The molecular weight excluding hydrogens is 322 g/mol. The zero-order valence-corrected chi connectivity index (χ0v) is 14.6. The van der Waals surface area contributed by atoms with Gasteiger partial charge in [-0.3, -0.25) is 9.59 Å². The van der Waals surface area contributed by atoms with Crippen LogP contribution in [0.25, 0.3) is 0 Å². The van der Waals surface area contributed by atoms with E-state index in [1.54, 1.807) is 48.6 Å². The third-order valence-electron chi connectivity index (χ3n) is 3.42. The normalized spacial score (nSPS) is 10.2. The van der Waals surface area contributed by atoms with Gasteiger partial charge in [0, 0.05) is 30.6 Å². The number of anilines is 1. The molecular formula is C18H21N3O4. The van der Waals surface area contributed by atoms with Crippen LogP contribution in [-0.2, 0) is 16.1 Å². The Morgan fingerprint density at radius 3 is 2.56 bits per heavy atom. The first-order chi connectivity index (χ1) is 12.0. The topological polar surface area (TPSA) is 81.6 Å². The van der Waals surface area contributed by atoms with Crippen LogP contribution in [0.3, 0.4) is 0 Å². The Hall–Kier alpha value is -2.96. The van der Waals surface area contributed by atoms with E-state index in [-0.39, 0.29) is 18.9 Å². The molecule has 1 aromatic heterocycles. The van der Waals surface area contributed by atoms with Gasteiger partial charge in [-0.1, -0.05) is 0 Å². The van der Waals surface area contributed by atoms with E-state index in [4.69, 9.17) is 9.47 Å². The fourth-order valence-electron chi connectivity index (χ4n) is 2.16. The van der Waals surface area contributed by atoms with Gasteiger partial charge in [-0.15, -0.1) is 0 Å². The summed E-state index contributed by atoms with van der Waals surface area (Å²) in [6, 6.07) is 6.80. The molecule has 1 heterocycles. The maximum Gasteiger partial charge on any atom is 0.325 e.